The van der Waals surface area contributed by atoms with E-state index in [4.69, 9.17) is 0 Å². The predicted molar refractivity (Wildman–Crippen MR) is 96.6 cm³/mol. The Morgan fingerprint density at radius 1 is 1.04 bits per heavy atom. The molecule has 2 amide bonds. The van der Waals surface area contributed by atoms with Gasteiger partial charge in [0.1, 0.15) is 0 Å². The van der Waals surface area contributed by atoms with Crippen LogP contribution in [0, 0.1) is 0 Å². The fourth-order valence-corrected chi connectivity index (χ4v) is 2.48. The number of hydrogen-bond acceptors (Lipinski definition) is 3. The summed E-state index contributed by atoms with van der Waals surface area (Å²) in [6.07, 6.45) is 1.51. The van der Waals surface area contributed by atoms with Crippen LogP contribution >= 0.6 is 0 Å². The van der Waals surface area contributed by atoms with Crippen molar-refractivity contribution < 1.29 is 9.59 Å². The largest absolute Gasteiger partial charge is 0.343 e. The van der Waals surface area contributed by atoms with Crippen LogP contribution in [0.2, 0.25) is 0 Å². The first-order chi connectivity index (χ1) is 12.0. The number of nitrogens with one attached hydrogen (secondary N) is 2. The Labute approximate surface area is 144 Å². The molecule has 25 heavy (non-hydrogen) atoms. The molecule has 0 spiro atoms. The van der Waals surface area contributed by atoms with Gasteiger partial charge in [-0.3, -0.25) is 14.4 Å². The number of benzene rings is 2. The normalized spacial score (nSPS) is 10.4. The average Bonchev–Trinajstić information content (AvgIpc) is 2.62. The fourth-order valence-electron chi connectivity index (χ4n) is 2.48. The second kappa shape index (κ2) is 7.00. The summed E-state index contributed by atoms with van der Waals surface area (Å²) in [4.78, 5) is 35.7. The Bertz CT molecular complexity index is 1000. The summed E-state index contributed by atoms with van der Waals surface area (Å²) in [6.45, 7) is -0.183. The van der Waals surface area contributed by atoms with Crippen molar-refractivity contribution in [3.8, 4) is 0 Å². The van der Waals surface area contributed by atoms with E-state index in [0.29, 0.717) is 5.69 Å². The molecule has 0 atom stereocenters. The molecule has 3 rings (SSSR count). The summed E-state index contributed by atoms with van der Waals surface area (Å²) < 4.78 is 1.37. The van der Waals surface area contributed by atoms with Crippen LogP contribution < -0.4 is 16.2 Å². The van der Waals surface area contributed by atoms with Crippen LogP contribution in [0.4, 0.5) is 5.69 Å². The van der Waals surface area contributed by atoms with E-state index in [-0.39, 0.29) is 23.6 Å². The smallest absolute Gasteiger partial charge is 0.251 e. The molecule has 6 nitrogen and oxygen atoms in total. The van der Waals surface area contributed by atoms with E-state index in [9.17, 15) is 14.4 Å². The third-order valence-corrected chi connectivity index (χ3v) is 3.84. The quantitative estimate of drug-likeness (QED) is 0.764. The summed E-state index contributed by atoms with van der Waals surface area (Å²) in [5, 5.41) is 7.25. The molecule has 1 aromatic heterocycles. The second-order valence-electron chi connectivity index (χ2n) is 5.62. The monoisotopic (exact) mass is 335 g/mol. The van der Waals surface area contributed by atoms with Gasteiger partial charge in [0.25, 0.3) is 11.5 Å². The van der Waals surface area contributed by atoms with Gasteiger partial charge in [0, 0.05) is 35.9 Å². The van der Waals surface area contributed by atoms with Crippen molar-refractivity contribution in [1.29, 1.82) is 0 Å². The molecule has 1 heterocycles. The Morgan fingerprint density at radius 3 is 2.60 bits per heavy atom. The summed E-state index contributed by atoms with van der Waals surface area (Å²) in [5.74, 6) is -0.806. The number of aryl methyl sites for hydroxylation is 1. The zero-order chi connectivity index (χ0) is 17.8. The van der Waals surface area contributed by atoms with Crippen molar-refractivity contribution >= 4 is 28.3 Å². The molecule has 2 N–H and O–H groups in total. The number of carbonyl (C=O) groups excluding carboxylic acids is 2. The van der Waals surface area contributed by atoms with E-state index < -0.39 is 5.91 Å². The third-order valence-electron chi connectivity index (χ3n) is 3.84. The molecule has 0 fully saturated rings. The number of amides is 2. The molecule has 0 bridgehead atoms. The van der Waals surface area contributed by atoms with Crippen molar-refractivity contribution in [2.24, 2.45) is 7.05 Å². The molecular formula is C19H17N3O3. The highest BCUT2D eigenvalue weighted by Crippen LogP contribution is 2.22. The molecule has 0 radical (unpaired) electrons. The summed E-state index contributed by atoms with van der Waals surface area (Å²) >= 11 is 0. The lowest BCUT2D eigenvalue weighted by molar-refractivity contribution is -0.115. The Balaban J connectivity index is 1.65. The first-order valence-electron chi connectivity index (χ1n) is 7.77. The minimum Gasteiger partial charge on any atom is -0.343 e. The fraction of sp³-hybridized carbons (Fsp3) is 0.105. The van der Waals surface area contributed by atoms with Gasteiger partial charge in [-0.05, 0) is 17.5 Å². The minimum absolute atomic E-state index is 0.183. The lowest BCUT2D eigenvalue weighted by Gasteiger charge is -2.09. The van der Waals surface area contributed by atoms with Gasteiger partial charge in [0.15, 0.2) is 0 Å². The van der Waals surface area contributed by atoms with E-state index in [2.05, 4.69) is 10.6 Å². The zero-order valence-corrected chi connectivity index (χ0v) is 13.7. The van der Waals surface area contributed by atoms with Gasteiger partial charge in [-0.1, -0.05) is 36.4 Å². The van der Waals surface area contributed by atoms with Gasteiger partial charge < -0.3 is 15.2 Å². The molecule has 0 unspecified atom stereocenters. The lowest BCUT2D eigenvalue weighted by Crippen LogP contribution is -2.33. The van der Waals surface area contributed by atoms with E-state index in [1.54, 1.807) is 7.05 Å². The van der Waals surface area contributed by atoms with Crippen LogP contribution in [0.15, 0.2) is 65.6 Å². The number of fused-ring (bicyclic) bond motifs is 1. The summed E-state index contributed by atoms with van der Waals surface area (Å²) in [5.41, 5.74) is 0.625. The van der Waals surface area contributed by atoms with Gasteiger partial charge >= 0.3 is 0 Å². The number of aromatic nitrogens is 1. The van der Waals surface area contributed by atoms with Crippen molar-refractivity contribution in [3.05, 3.63) is 76.7 Å². The van der Waals surface area contributed by atoms with Gasteiger partial charge in [-0.2, -0.15) is 0 Å². The van der Waals surface area contributed by atoms with Crippen molar-refractivity contribution in [2.75, 3.05) is 11.9 Å². The first kappa shape index (κ1) is 16.4. The van der Waals surface area contributed by atoms with Crippen LogP contribution in [-0.4, -0.2) is 22.9 Å². The SMILES string of the molecule is Cn1ccc(C(=O)NCC(=O)Nc2cccc3ccccc23)cc1=O. The maximum Gasteiger partial charge on any atom is 0.251 e. The van der Waals surface area contributed by atoms with Gasteiger partial charge in [0.05, 0.1) is 6.54 Å². The standard InChI is InChI=1S/C19H17N3O3/c1-22-10-9-14(11-18(22)24)19(25)20-12-17(23)21-16-8-4-6-13-5-2-3-7-15(13)16/h2-11H,12H2,1H3,(H,20,25)(H,21,23). The van der Waals surface area contributed by atoms with Crippen molar-refractivity contribution in [2.45, 2.75) is 0 Å². The molecular weight excluding hydrogens is 318 g/mol. The first-order valence-corrected chi connectivity index (χ1v) is 7.77. The Morgan fingerprint density at radius 2 is 1.80 bits per heavy atom. The Kier molecular flexibility index (Phi) is 4.61. The van der Waals surface area contributed by atoms with Gasteiger partial charge in [-0.15, -0.1) is 0 Å². The van der Waals surface area contributed by atoms with E-state index in [0.717, 1.165) is 10.8 Å². The highest BCUT2D eigenvalue weighted by atomic mass is 16.2. The van der Waals surface area contributed by atoms with Gasteiger partial charge in [-0.25, -0.2) is 0 Å². The van der Waals surface area contributed by atoms with Crippen LogP contribution in [0.1, 0.15) is 10.4 Å². The van der Waals surface area contributed by atoms with E-state index >= 15 is 0 Å². The molecule has 0 aliphatic rings. The van der Waals surface area contributed by atoms with Crippen LogP contribution in [-0.2, 0) is 11.8 Å². The topological polar surface area (TPSA) is 80.2 Å². The Hall–Kier alpha value is -3.41. The molecule has 0 saturated heterocycles. The number of nitrogens with zero attached hydrogens (tertiary/aromatic N) is 1. The molecule has 0 aliphatic carbocycles. The lowest BCUT2D eigenvalue weighted by atomic mass is 10.1. The van der Waals surface area contributed by atoms with Crippen LogP contribution in [0.25, 0.3) is 10.8 Å². The molecule has 6 heteroatoms. The predicted octanol–water partition coefficient (Wildman–Crippen LogP) is 1.91. The van der Waals surface area contributed by atoms with E-state index in [1.807, 2.05) is 42.5 Å². The highest BCUT2D eigenvalue weighted by Gasteiger charge is 2.10. The number of anilines is 1. The third kappa shape index (κ3) is 3.74. The molecule has 0 saturated carbocycles. The van der Waals surface area contributed by atoms with Crippen LogP contribution in [0.5, 0.6) is 0 Å². The summed E-state index contributed by atoms with van der Waals surface area (Å²) in [6, 6.07) is 16.1. The number of hydrogen-bond donors (Lipinski definition) is 2. The maximum atomic E-state index is 12.1. The number of rotatable bonds is 4. The summed E-state index contributed by atoms with van der Waals surface area (Å²) in [7, 11) is 1.60. The van der Waals surface area contributed by atoms with E-state index in [1.165, 1.54) is 22.9 Å². The van der Waals surface area contributed by atoms with Crippen molar-refractivity contribution in [3.63, 3.8) is 0 Å². The molecule has 126 valence electrons. The highest BCUT2D eigenvalue weighted by molar-refractivity contribution is 6.04. The number of pyridine rings is 1. The number of carbonyl (C=O) groups is 2. The molecule has 2 aromatic carbocycles. The maximum absolute atomic E-state index is 12.1. The molecule has 0 aliphatic heterocycles. The zero-order valence-electron chi connectivity index (χ0n) is 13.7. The van der Waals surface area contributed by atoms with Crippen LogP contribution in [0.3, 0.4) is 0 Å². The van der Waals surface area contributed by atoms with Gasteiger partial charge in [0.2, 0.25) is 5.91 Å². The average molecular weight is 335 g/mol. The minimum atomic E-state index is -0.467. The van der Waals surface area contributed by atoms with Crippen molar-refractivity contribution in [1.82, 2.24) is 9.88 Å². The second-order valence-corrected chi connectivity index (χ2v) is 5.62. The molecule has 3 aromatic rings.